The van der Waals surface area contributed by atoms with Gasteiger partial charge in [-0.1, -0.05) is 0 Å². The van der Waals surface area contributed by atoms with Gasteiger partial charge in [0.2, 0.25) is 0 Å². The number of nitrogens with zero attached hydrogens (tertiary/aromatic N) is 6. The Hall–Kier alpha value is -1.85. The summed E-state index contributed by atoms with van der Waals surface area (Å²) in [5.74, 6) is 0.754. The van der Waals surface area contributed by atoms with Crippen molar-refractivity contribution in [2.24, 2.45) is 5.11 Å². The van der Waals surface area contributed by atoms with Gasteiger partial charge < -0.3 is 4.57 Å². The summed E-state index contributed by atoms with van der Waals surface area (Å²) in [6.45, 7) is 0. The van der Waals surface area contributed by atoms with Gasteiger partial charge in [-0.25, -0.2) is 9.97 Å². The summed E-state index contributed by atoms with van der Waals surface area (Å²) in [4.78, 5) is 10.7. The van der Waals surface area contributed by atoms with Gasteiger partial charge >= 0.3 is 0 Å². The Labute approximate surface area is 93.3 Å². The Morgan fingerprint density at radius 2 is 2.20 bits per heavy atom. The molecule has 0 spiro atoms. The molecule has 0 saturated heterocycles. The molecule has 15 heavy (non-hydrogen) atoms. The van der Waals surface area contributed by atoms with Gasteiger partial charge in [-0.05, 0) is 32.6 Å². The maximum absolute atomic E-state index is 8.37. The van der Waals surface area contributed by atoms with E-state index in [1.807, 2.05) is 6.07 Å². The first-order chi connectivity index (χ1) is 7.31. The molecule has 0 unspecified atom stereocenters. The van der Waals surface area contributed by atoms with Gasteiger partial charge in [0.05, 0.1) is 0 Å². The zero-order valence-electron chi connectivity index (χ0n) is 7.45. The smallest absolute Gasteiger partial charge is 0.170 e. The fourth-order valence-corrected chi connectivity index (χ4v) is 1.46. The maximum atomic E-state index is 8.37. The summed E-state index contributed by atoms with van der Waals surface area (Å²) in [5.41, 5.74) is 8.37. The van der Waals surface area contributed by atoms with Crippen molar-refractivity contribution in [2.45, 2.75) is 0 Å². The molecule has 6 nitrogen and oxygen atoms in total. The molecule has 0 amide bonds. The summed E-state index contributed by atoms with van der Waals surface area (Å²) < 4.78 is 2.64. The highest BCUT2D eigenvalue weighted by Gasteiger charge is 2.04. The highest BCUT2D eigenvalue weighted by atomic mass is 79.9. The monoisotopic (exact) mass is 264 g/mol. The minimum absolute atomic E-state index is 0.253. The number of azide groups is 1. The molecular weight excluding hydrogens is 260 g/mol. The van der Waals surface area contributed by atoms with Gasteiger partial charge in [-0.2, -0.15) is 0 Å². The molecule has 2 aromatic heterocycles. The van der Waals surface area contributed by atoms with Crippen molar-refractivity contribution in [3.05, 3.63) is 45.8 Å². The molecule has 0 atom stereocenters. The predicted octanol–water partition coefficient (Wildman–Crippen LogP) is 2.97. The van der Waals surface area contributed by atoms with Crippen LogP contribution < -0.4 is 0 Å². The molecule has 0 aliphatic carbocycles. The molecular formula is C8H5BrN6. The van der Waals surface area contributed by atoms with Gasteiger partial charge in [0.1, 0.15) is 0 Å². The maximum Gasteiger partial charge on any atom is 0.170 e. The van der Waals surface area contributed by atoms with E-state index < -0.39 is 0 Å². The number of halogens is 1. The normalized spacial score (nSPS) is 9.67. The molecule has 7 heteroatoms. The first-order valence-corrected chi connectivity index (χ1v) is 4.80. The topological polar surface area (TPSA) is 79.5 Å². The molecule has 0 aliphatic rings. The molecule has 0 fully saturated rings. The first-order valence-electron chi connectivity index (χ1n) is 4.01. The number of rotatable bonds is 2. The Balaban J connectivity index is 2.56. The third-order valence-corrected chi connectivity index (χ3v) is 2.17. The predicted molar refractivity (Wildman–Crippen MR) is 57.9 cm³/mol. The van der Waals surface area contributed by atoms with Crippen LogP contribution in [0, 0.1) is 0 Å². The number of hydrogen-bond donors (Lipinski definition) is 0. The van der Waals surface area contributed by atoms with E-state index in [9.17, 15) is 0 Å². The van der Waals surface area contributed by atoms with E-state index in [0.29, 0.717) is 5.82 Å². The van der Waals surface area contributed by atoms with Crippen molar-refractivity contribution < 1.29 is 0 Å². The highest BCUT2D eigenvalue weighted by Crippen LogP contribution is 2.20. The molecule has 0 aromatic carbocycles. The molecule has 2 aromatic rings. The van der Waals surface area contributed by atoms with E-state index in [1.165, 1.54) is 6.20 Å². The van der Waals surface area contributed by atoms with Crippen LogP contribution in [0.5, 0.6) is 0 Å². The Kier molecular flexibility index (Phi) is 2.66. The summed E-state index contributed by atoms with van der Waals surface area (Å²) in [6, 6.07) is 1.86. The third-order valence-electron chi connectivity index (χ3n) is 1.70. The Morgan fingerprint density at radius 3 is 2.87 bits per heavy atom. The summed E-state index contributed by atoms with van der Waals surface area (Å²) in [5, 5.41) is 3.46. The fraction of sp³-hybridized carbons (Fsp3) is 0. The van der Waals surface area contributed by atoms with Crippen molar-refractivity contribution in [3.8, 4) is 5.82 Å². The van der Waals surface area contributed by atoms with Gasteiger partial charge in [0.25, 0.3) is 0 Å². The summed E-state index contributed by atoms with van der Waals surface area (Å²) in [7, 11) is 0. The van der Waals surface area contributed by atoms with Crippen LogP contribution in [0.3, 0.4) is 0 Å². The lowest BCUT2D eigenvalue weighted by atomic mass is 10.6. The van der Waals surface area contributed by atoms with Crippen LogP contribution in [0.4, 0.5) is 5.82 Å². The zero-order valence-corrected chi connectivity index (χ0v) is 9.03. The number of hydrogen-bond acceptors (Lipinski definition) is 3. The van der Waals surface area contributed by atoms with Crippen molar-refractivity contribution in [3.63, 3.8) is 0 Å². The average molecular weight is 265 g/mol. The first kappa shape index (κ1) is 9.70. The van der Waals surface area contributed by atoms with Gasteiger partial charge in [-0.3, -0.25) is 0 Å². The molecule has 2 heterocycles. The lowest BCUT2D eigenvalue weighted by Gasteiger charge is -2.02. The van der Waals surface area contributed by atoms with Crippen LogP contribution >= 0.6 is 15.9 Å². The number of aromatic nitrogens is 3. The molecule has 2 rings (SSSR count). The fourth-order valence-electron chi connectivity index (χ4n) is 1.12. The van der Waals surface area contributed by atoms with Crippen molar-refractivity contribution in [1.29, 1.82) is 0 Å². The van der Waals surface area contributed by atoms with E-state index in [2.05, 4.69) is 35.9 Å². The van der Waals surface area contributed by atoms with Gasteiger partial charge in [0.15, 0.2) is 11.6 Å². The second kappa shape index (κ2) is 4.12. The standard InChI is InChI=1S/C8H5BrN6/c9-6-1-4-15(5-6)8-7(13-14-10)11-2-3-12-8/h1-5H. The lowest BCUT2D eigenvalue weighted by Crippen LogP contribution is -1.95. The Morgan fingerprint density at radius 1 is 1.40 bits per heavy atom. The van der Waals surface area contributed by atoms with Crippen LogP contribution in [0.2, 0.25) is 0 Å². The van der Waals surface area contributed by atoms with E-state index in [0.717, 1.165) is 4.47 Å². The Bertz CT molecular complexity index is 527. The second-order valence-corrected chi connectivity index (χ2v) is 3.55. The van der Waals surface area contributed by atoms with Crippen LogP contribution in [0.15, 0.2) is 40.4 Å². The minimum Gasteiger partial charge on any atom is -0.306 e. The third kappa shape index (κ3) is 1.98. The SMILES string of the molecule is [N-]=[N+]=Nc1nccnc1-n1ccc(Br)c1. The van der Waals surface area contributed by atoms with Gasteiger partial charge in [-0.15, -0.1) is 0 Å². The summed E-state index contributed by atoms with van der Waals surface area (Å²) in [6.07, 6.45) is 6.62. The molecule has 0 saturated carbocycles. The highest BCUT2D eigenvalue weighted by molar-refractivity contribution is 9.10. The van der Waals surface area contributed by atoms with Crippen molar-refractivity contribution in [2.75, 3.05) is 0 Å². The minimum atomic E-state index is 0.253. The van der Waals surface area contributed by atoms with E-state index >= 15 is 0 Å². The lowest BCUT2D eigenvalue weighted by molar-refractivity contribution is 0.977. The van der Waals surface area contributed by atoms with E-state index in [-0.39, 0.29) is 5.82 Å². The summed E-state index contributed by atoms with van der Waals surface area (Å²) >= 11 is 3.32. The van der Waals surface area contributed by atoms with Crippen LogP contribution in [-0.2, 0) is 0 Å². The zero-order chi connectivity index (χ0) is 10.7. The van der Waals surface area contributed by atoms with Crippen LogP contribution in [0.1, 0.15) is 0 Å². The molecule has 0 radical (unpaired) electrons. The molecule has 0 aliphatic heterocycles. The van der Waals surface area contributed by atoms with Crippen LogP contribution in [0.25, 0.3) is 16.3 Å². The van der Waals surface area contributed by atoms with Crippen LogP contribution in [-0.4, -0.2) is 14.5 Å². The average Bonchev–Trinajstić information content (AvgIpc) is 2.66. The van der Waals surface area contributed by atoms with Crippen molar-refractivity contribution in [1.82, 2.24) is 14.5 Å². The quantitative estimate of drug-likeness (QED) is 0.475. The molecule has 0 bridgehead atoms. The van der Waals surface area contributed by atoms with E-state index in [4.69, 9.17) is 5.53 Å². The largest absolute Gasteiger partial charge is 0.306 e. The van der Waals surface area contributed by atoms with Gasteiger partial charge in [0, 0.05) is 34.2 Å². The van der Waals surface area contributed by atoms with E-state index in [1.54, 1.807) is 23.2 Å². The molecule has 74 valence electrons. The second-order valence-electron chi connectivity index (χ2n) is 2.63. The van der Waals surface area contributed by atoms with Crippen molar-refractivity contribution >= 4 is 21.7 Å². The molecule has 0 N–H and O–H groups in total.